The van der Waals surface area contributed by atoms with Crippen LogP contribution in [0.1, 0.15) is 44.2 Å². The maximum Gasteiger partial charge on any atom is 0.407 e. The minimum Gasteiger partial charge on any atom is -0.444 e. The van der Waals surface area contributed by atoms with Crippen LogP contribution in [0.25, 0.3) is 0 Å². The van der Waals surface area contributed by atoms with Gasteiger partial charge in [0.25, 0.3) is 5.91 Å². The Bertz CT molecular complexity index is 1430. The van der Waals surface area contributed by atoms with Gasteiger partial charge in [0.1, 0.15) is 11.1 Å². The topological polar surface area (TPSA) is 135 Å². The number of nitrogens with one attached hydrogen (secondary N) is 2. The third kappa shape index (κ3) is 7.04. The molecule has 2 N–H and O–H groups in total. The van der Waals surface area contributed by atoms with Gasteiger partial charge in [0.15, 0.2) is 0 Å². The van der Waals surface area contributed by atoms with Crippen LogP contribution in [0.15, 0.2) is 42.5 Å². The number of carbonyl (C=O) groups is 4. The average molecular weight is 630 g/mol. The first kappa shape index (κ1) is 32.1. The molecule has 4 rings (SSSR count). The number of likely N-dealkylation sites (N-methyl/N-ethyl adjacent to an activating group) is 1. The number of likely N-dealkylation sites (tertiary alicyclic amines) is 1. The lowest BCUT2D eigenvalue weighted by Crippen LogP contribution is -2.54. The van der Waals surface area contributed by atoms with Gasteiger partial charge < -0.3 is 20.3 Å². The molecular weight excluding hydrogens is 595 g/mol. The molecule has 2 aliphatic heterocycles. The van der Waals surface area contributed by atoms with Crippen molar-refractivity contribution in [2.75, 3.05) is 44.7 Å². The van der Waals surface area contributed by atoms with Crippen molar-refractivity contribution in [3.63, 3.8) is 0 Å². The second-order valence-corrected chi connectivity index (χ2v) is 12.5. The van der Waals surface area contributed by atoms with E-state index < -0.39 is 35.1 Å². The van der Waals surface area contributed by atoms with E-state index in [1.165, 1.54) is 23.1 Å². The van der Waals surface area contributed by atoms with E-state index in [4.69, 9.17) is 27.9 Å². The van der Waals surface area contributed by atoms with Gasteiger partial charge in [-0.05, 0) is 63.1 Å². The number of hydrogen-bond acceptors (Lipinski definition) is 7. The Balaban J connectivity index is 1.50. The van der Waals surface area contributed by atoms with Crippen LogP contribution in [0.3, 0.4) is 0 Å². The van der Waals surface area contributed by atoms with Crippen LogP contribution >= 0.6 is 23.2 Å². The minimum absolute atomic E-state index is 0.00761. The molecule has 13 heteroatoms. The van der Waals surface area contributed by atoms with Gasteiger partial charge in [-0.3, -0.25) is 14.5 Å². The molecule has 5 amide bonds. The van der Waals surface area contributed by atoms with E-state index in [2.05, 4.69) is 16.7 Å². The van der Waals surface area contributed by atoms with Crippen LogP contribution in [0.4, 0.5) is 15.3 Å². The van der Waals surface area contributed by atoms with E-state index in [0.717, 1.165) is 10.5 Å². The Morgan fingerprint density at radius 2 is 1.70 bits per heavy atom. The largest absolute Gasteiger partial charge is 0.444 e. The van der Waals surface area contributed by atoms with Crippen molar-refractivity contribution in [1.82, 2.24) is 20.4 Å². The summed E-state index contributed by atoms with van der Waals surface area (Å²) in [6.07, 6.45) is -0.0284. The molecule has 0 aromatic heterocycles. The van der Waals surface area contributed by atoms with Gasteiger partial charge in [0, 0.05) is 49.2 Å². The third-order valence-corrected chi connectivity index (χ3v) is 7.83. The highest BCUT2D eigenvalue weighted by molar-refractivity contribution is 6.35. The summed E-state index contributed by atoms with van der Waals surface area (Å²) in [6.45, 7) is 6.40. The summed E-state index contributed by atoms with van der Waals surface area (Å²) in [5.41, 5.74) is -0.443. The van der Waals surface area contributed by atoms with Crippen molar-refractivity contribution in [2.45, 2.75) is 44.2 Å². The number of nitrogens with zero attached hydrogens (tertiary/aromatic N) is 4. The normalized spacial score (nSPS) is 20.4. The van der Waals surface area contributed by atoms with Crippen molar-refractivity contribution < 1.29 is 23.9 Å². The van der Waals surface area contributed by atoms with Crippen LogP contribution in [0.2, 0.25) is 10.0 Å². The summed E-state index contributed by atoms with van der Waals surface area (Å²) in [4.78, 5) is 56.9. The van der Waals surface area contributed by atoms with Crippen LogP contribution in [0, 0.1) is 11.3 Å². The second kappa shape index (κ2) is 12.8. The zero-order valence-electron chi connectivity index (χ0n) is 24.4. The molecule has 2 unspecified atom stereocenters. The fourth-order valence-electron chi connectivity index (χ4n) is 5.49. The Morgan fingerprint density at radius 3 is 2.30 bits per heavy atom. The molecule has 2 aromatic carbocycles. The van der Waals surface area contributed by atoms with Crippen molar-refractivity contribution in [3.05, 3.63) is 63.6 Å². The average Bonchev–Trinajstić information content (AvgIpc) is 3.38. The monoisotopic (exact) mass is 628 g/mol. The molecule has 0 bridgehead atoms. The molecule has 0 radical (unpaired) electrons. The summed E-state index contributed by atoms with van der Waals surface area (Å²) in [6, 6.07) is 13.0. The maximum atomic E-state index is 14.3. The Labute approximate surface area is 260 Å². The number of nitriles is 1. The van der Waals surface area contributed by atoms with Gasteiger partial charge in [0.05, 0.1) is 23.9 Å². The molecule has 0 saturated carbocycles. The number of rotatable bonds is 8. The molecule has 2 atom stereocenters. The lowest BCUT2D eigenvalue weighted by atomic mass is 9.80. The zero-order valence-corrected chi connectivity index (χ0v) is 26.0. The van der Waals surface area contributed by atoms with E-state index in [0.29, 0.717) is 31.6 Å². The molecule has 228 valence electrons. The maximum absolute atomic E-state index is 14.3. The van der Waals surface area contributed by atoms with Gasteiger partial charge >= 0.3 is 12.1 Å². The van der Waals surface area contributed by atoms with Gasteiger partial charge in [0.2, 0.25) is 5.91 Å². The predicted octanol–water partition coefficient (Wildman–Crippen LogP) is 4.13. The van der Waals surface area contributed by atoms with E-state index in [9.17, 15) is 24.4 Å². The lowest BCUT2D eigenvalue weighted by molar-refractivity contribution is -0.125. The number of imide groups is 1. The molecule has 2 saturated heterocycles. The van der Waals surface area contributed by atoms with E-state index >= 15 is 0 Å². The van der Waals surface area contributed by atoms with E-state index in [-0.39, 0.29) is 34.7 Å². The molecule has 0 aliphatic carbocycles. The number of carbonyl (C=O) groups excluding carboxylic acids is 4. The first-order chi connectivity index (χ1) is 20.2. The summed E-state index contributed by atoms with van der Waals surface area (Å²) in [5.74, 6) is -1.21. The summed E-state index contributed by atoms with van der Waals surface area (Å²) in [5, 5.41) is 15.3. The van der Waals surface area contributed by atoms with Crippen LogP contribution < -0.4 is 15.5 Å². The number of anilines is 1. The Hall–Kier alpha value is -3.85. The summed E-state index contributed by atoms with van der Waals surface area (Å²) < 4.78 is 5.20. The molecule has 2 fully saturated rings. The number of urea groups is 1. The SMILES string of the molecule is CN1C(=O)N(c2cc(Cl)cc(Cl)c2)C(=O)C12CN(CC(=O)NCCCNC(=O)OC(C)(C)C)CC2c1ccc(C#N)cc1. The predicted molar refractivity (Wildman–Crippen MR) is 162 cm³/mol. The molecule has 2 aromatic rings. The first-order valence-corrected chi connectivity index (χ1v) is 14.5. The summed E-state index contributed by atoms with van der Waals surface area (Å²) >= 11 is 12.4. The summed E-state index contributed by atoms with van der Waals surface area (Å²) in [7, 11) is 1.57. The highest BCUT2D eigenvalue weighted by Crippen LogP contribution is 2.46. The smallest absolute Gasteiger partial charge is 0.407 e. The molecule has 2 heterocycles. The van der Waals surface area contributed by atoms with Gasteiger partial charge in [-0.25, -0.2) is 14.5 Å². The third-order valence-electron chi connectivity index (χ3n) is 7.39. The second-order valence-electron chi connectivity index (χ2n) is 11.6. The zero-order chi connectivity index (χ0) is 31.5. The van der Waals surface area contributed by atoms with Crippen molar-refractivity contribution >= 4 is 52.8 Å². The van der Waals surface area contributed by atoms with Crippen molar-refractivity contribution in [1.29, 1.82) is 5.26 Å². The number of alkyl carbamates (subject to hydrolysis) is 1. The first-order valence-electron chi connectivity index (χ1n) is 13.8. The van der Waals surface area contributed by atoms with Crippen molar-refractivity contribution in [2.24, 2.45) is 0 Å². The van der Waals surface area contributed by atoms with E-state index in [1.54, 1.807) is 52.1 Å². The lowest BCUT2D eigenvalue weighted by Gasteiger charge is -2.34. The van der Waals surface area contributed by atoms with E-state index in [1.807, 2.05) is 4.90 Å². The number of hydrogen-bond donors (Lipinski definition) is 2. The van der Waals surface area contributed by atoms with Crippen molar-refractivity contribution in [3.8, 4) is 6.07 Å². The van der Waals surface area contributed by atoms with Crippen LogP contribution in [-0.4, -0.2) is 84.6 Å². The van der Waals surface area contributed by atoms with Crippen LogP contribution in [-0.2, 0) is 14.3 Å². The van der Waals surface area contributed by atoms with Gasteiger partial charge in [-0.15, -0.1) is 0 Å². The highest BCUT2D eigenvalue weighted by Gasteiger charge is 2.64. The Morgan fingerprint density at radius 1 is 1.07 bits per heavy atom. The molecule has 43 heavy (non-hydrogen) atoms. The van der Waals surface area contributed by atoms with Gasteiger partial charge in [-0.2, -0.15) is 5.26 Å². The molecule has 2 aliphatic rings. The molecule has 1 spiro atoms. The number of amides is 5. The fraction of sp³-hybridized carbons (Fsp3) is 0.433. The molecule has 11 nitrogen and oxygen atoms in total. The minimum atomic E-state index is -1.32. The standard InChI is InChI=1S/C30H34Cl2N6O5/c1-29(2,3)43-27(41)35-11-5-10-34-25(39)17-37-16-24(20-8-6-19(15-33)7-9-20)30(18-37)26(40)38(28(42)36(30)4)23-13-21(31)12-22(32)14-23/h6-9,12-14,24H,5,10-11,16-18H2,1-4H3,(H,34,39)(H,35,41). The quantitative estimate of drug-likeness (QED) is 0.331. The molecular formula is C30H34Cl2N6O5. The number of halogens is 2. The number of ether oxygens (including phenoxy) is 1. The highest BCUT2D eigenvalue weighted by atomic mass is 35.5. The number of benzene rings is 2. The van der Waals surface area contributed by atoms with Gasteiger partial charge in [-0.1, -0.05) is 35.3 Å². The van der Waals surface area contributed by atoms with Crippen LogP contribution in [0.5, 0.6) is 0 Å². The Kier molecular flexibility index (Phi) is 9.54. The fourth-order valence-corrected chi connectivity index (χ4v) is 6.01.